The van der Waals surface area contributed by atoms with Crippen LogP contribution < -0.4 is 20.1 Å². The van der Waals surface area contributed by atoms with Crippen LogP contribution >= 0.6 is 0 Å². The quantitative estimate of drug-likeness (QED) is 0.511. The molecule has 1 saturated heterocycles. The number of hydrogen-bond acceptors (Lipinski definition) is 4. The number of halogens is 1. The minimum Gasteiger partial charge on any atom is -0.489 e. The first kappa shape index (κ1) is 21.9. The second kappa shape index (κ2) is 10.8. The molecule has 0 aliphatic carbocycles. The van der Waals surface area contributed by atoms with Gasteiger partial charge in [-0.3, -0.25) is 4.99 Å². The van der Waals surface area contributed by atoms with Crippen LogP contribution in [0.5, 0.6) is 11.5 Å². The van der Waals surface area contributed by atoms with E-state index in [0.717, 1.165) is 29.9 Å². The van der Waals surface area contributed by atoms with Crippen LogP contribution in [0.2, 0.25) is 0 Å². The molecule has 2 unspecified atom stereocenters. The number of aryl methyl sites for hydroxylation is 1. The van der Waals surface area contributed by atoms with Gasteiger partial charge in [-0.05, 0) is 49.7 Å². The Morgan fingerprint density at radius 3 is 2.73 bits per heavy atom. The summed E-state index contributed by atoms with van der Waals surface area (Å²) in [5.41, 5.74) is 2.22. The van der Waals surface area contributed by atoms with E-state index in [9.17, 15) is 4.39 Å². The first-order valence-electron chi connectivity index (χ1n) is 10.2. The highest BCUT2D eigenvalue weighted by atomic mass is 19.1. The SMILES string of the molecule is CN=C(NCc1ccc(C)cc1OC1CCOC1)NCC(C)Oc1ccc(F)cc1. The molecule has 0 spiro atoms. The molecule has 1 aliphatic rings. The number of aliphatic imine (C=N–C) groups is 1. The lowest BCUT2D eigenvalue weighted by molar-refractivity contribution is 0.140. The lowest BCUT2D eigenvalue weighted by atomic mass is 10.1. The Kier molecular flexibility index (Phi) is 7.90. The summed E-state index contributed by atoms with van der Waals surface area (Å²) in [6.07, 6.45) is 0.901. The van der Waals surface area contributed by atoms with Crippen LogP contribution in [0.3, 0.4) is 0 Å². The summed E-state index contributed by atoms with van der Waals surface area (Å²) in [6, 6.07) is 12.2. The summed E-state index contributed by atoms with van der Waals surface area (Å²) in [7, 11) is 1.73. The van der Waals surface area contributed by atoms with Gasteiger partial charge in [0.25, 0.3) is 0 Å². The highest BCUT2D eigenvalue weighted by molar-refractivity contribution is 5.79. The van der Waals surface area contributed by atoms with Gasteiger partial charge in [0.2, 0.25) is 0 Å². The number of ether oxygens (including phenoxy) is 3. The number of rotatable bonds is 8. The van der Waals surface area contributed by atoms with Crippen LogP contribution in [0.15, 0.2) is 47.5 Å². The molecule has 0 aromatic heterocycles. The van der Waals surface area contributed by atoms with E-state index in [0.29, 0.717) is 31.4 Å². The van der Waals surface area contributed by atoms with Crippen molar-refractivity contribution < 1.29 is 18.6 Å². The van der Waals surface area contributed by atoms with Crippen molar-refractivity contribution in [1.82, 2.24) is 10.6 Å². The molecule has 162 valence electrons. The molecule has 0 radical (unpaired) electrons. The van der Waals surface area contributed by atoms with Gasteiger partial charge in [0.15, 0.2) is 5.96 Å². The fourth-order valence-electron chi connectivity index (χ4n) is 3.13. The molecule has 30 heavy (non-hydrogen) atoms. The van der Waals surface area contributed by atoms with Crippen molar-refractivity contribution in [3.63, 3.8) is 0 Å². The van der Waals surface area contributed by atoms with Gasteiger partial charge in [0.1, 0.15) is 29.5 Å². The van der Waals surface area contributed by atoms with E-state index in [1.54, 1.807) is 19.2 Å². The molecule has 2 N–H and O–H groups in total. The largest absolute Gasteiger partial charge is 0.489 e. The summed E-state index contributed by atoms with van der Waals surface area (Å²) in [6.45, 7) is 6.51. The highest BCUT2D eigenvalue weighted by Gasteiger charge is 2.19. The maximum Gasteiger partial charge on any atom is 0.191 e. The van der Waals surface area contributed by atoms with Gasteiger partial charge in [-0.2, -0.15) is 0 Å². The Balaban J connectivity index is 1.50. The summed E-state index contributed by atoms with van der Waals surface area (Å²) in [5.74, 6) is 1.89. The molecule has 3 rings (SSSR count). The number of nitrogens with zero attached hydrogens (tertiary/aromatic N) is 1. The van der Waals surface area contributed by atoms with Crippen LogP contribution in [-0.4, -0.2) is 45.0 Å². The first-order valence-corrected chi connectivity index (χ1v) is 10.2. The third-order valence-electron chi connectivity index (χ3n) is 4.78. The van der Waals surface area contributed by atoms with Crippen molar-refractivity contribution in [1.29, 1.82) is 0 Å². The maximum absolute atomic E-state index is 13.0. The standard InChI is InChI=1S/C23H30FN3O3/c1-16-4-5-18(22(12-16)30-21-10-11-28-15-21)14-27-23(25-3)26-13-17(2)29-20-8-6-19(24)7-9-20/h4-9,12,17,21H,10-11,13-15H2,1-3H3,(H2,25,26,27). The van der Waals surface area contributed by atoms with Crippen molar-refractivity contribution in [2.45, 2.75) is 39.0 Å². The van der Waals surface area contributed by atoms with Gasteiger partial charge in [0, 0.05) is 25.6 Å². The van der Waals surface area contributed by atoms with Crippen molar-refractivity contribution in [3.8, 4) is 11.5 Å². The third-order valence-corrected chi connectivity index (χ3v) is 4.78. The Hall–Kier alpha value is -2.80. The molecule has 2 aromatic rings. The zero-order valence-electron chi connectivity index (χ0n) is 17.8. The molecule has 6 nitrogen and oxygen atoms in total. The normalized spacial score (nSPS) is 17.5. The smallest absolute Gasteiger partial charge is 0.191 e. The molecule has 0 amide bonds. The van der Waals surface area contributed by atoms with Crippen molar-refractivity contribution in [2.75, 3.05) is 26.8 Å². The van der Waals surface area contributed by atoms with Gasteiger partial charge in [-0.15, -0.1) is 0 Å². The Labute approximate surface area is 177 Å². The summed E-state index contributed by atoms with van der Waals surface area (Å²) >= 11 is 0. The van der Waals surface area contributed by atoms with Gasteiger partial charge in [0.05, 0.1) is 19.8 Å². The Morgan fingerprint density at radius 2 is 2.03 bits per heavy atom. The van der Waals surface area contributed by atoms with Gasteiger partial charge in [-0.25, -0.2) is 4.39 Å². The monoisotopic (exact) mass is 415 g/mol. The van der Waals surface area contributed by atoms with Gasteiger partial charge < -0.3 is 24.8 Å². The first-order chi connectivity index (χ1) is 14.5. The molecule has 0 bridgehead atoms. The van der Waals surface area contributed by atoms with Gasteiger partial charge >= 0.3 is 0 Å². The topological polar surface area (TPSA) is 64.1 Å². The molecular formula is C23H30FN3O3. The van der Waals surface area contributed by atoms with E-state index in [4.69, 9.17) is 14.2 Å². The number of guanidine groups is 1. The van der Waals surface area contributed by atoms with Crippen LogP contribution in [-0.2, 0) is 11.3 Å². The fraction of sp³-hybridized carbons (Fsp3) is 0.435. The average Bonchev–Trinajstić information content (AvgIpc) is 3.24. The van der Waals surface area contributed by atoms with Crippen LogP contribution in [0.4, 0.5) is 4.39 Å². The molecular weight excluding hydrogens is 385 g/mol. The van der Waals surface area contributed by atoms with Crippen LogP contribution in [0, 0.1) is 12.7 Å². The third kappa shape index (κ3) is 6.62. The summed E-state index contributed by atoms with van der Waals surface area (Å²) < 4.78 is 30.4. The van der Waals surface area contributed by atoms with Gasteiger partial charge in [-0.1, -0.05) is 12.1 Å². The minimum absolute atomic E-state index is 0.104. The lowest BCUT2D eigenvalue weighted by Gasteiger charge is -2.19. The number of nitrogens with one attached hydrogen (secondary N) is 2. The van der Waals surface area contributed by atoms with E-state index >= 15 is 0 Å². The molecule has 2 atom stereocenters. The predicted molar refractivity (Wildman–Crippen MR) is 116 cm³/mol. The van der Waals surface area contributed by atoms with Crippen LogP contribution in [0.25, 0.3) is 0 Å². The van der Waals surface area contributed by atoms with E-state index in [2.05, 4.69) is 40.7 Å². The molecule has 1 aliphatic heterocycles. The Morgan fingerprint density at radius 1 is 1.23 bits per heavy atom. The average molecular weight is 416 g/mol. The molecule has 1 heterocycles. The van der Waals surface area contributed by atoms with Crippen LogP contribution in [0.1, 0.15) is 24.5 Å². The van der Waals surface area contributed by atoms with Crippen molar-refractivity contribution in [3.05, 3.63) is 59.4 Å². The summed E-state index contributed by atoms with van der Waals surface area (Å²) in [5, 5.41) is 6.57. The highest BCUT2D eigenvalue weighted by Crippen LogP contribution is 2.23. The number of hydrogen-bond donors (Lipinski definition) is 2. The van der Waals surface area contributed by atoms with E-state index in [1.165, 1.54) is 12.1 Å². The van der Waals surface area contributed by atoms with E-state index in [-0.39, 0.29) is 18.0 Å². The zero-order valence-corrected chi connectivity index (χ0v) is 17.8. The molecule has 0 saturated carbocycles. The second-order valence-electron chi connectivity index (χ2n) is 7.40. The Bertz CT molecular complexity index is 836. The molecule has 1 fully saturated rings. The zero-order chi connectivity index (χ0) is 21.3. The summed E-state index contributed by atoms with van der Waals surface area (Å²) in [4.78, 5) is 4.27. The number of benzene rings is 2. The minimum atomic E-state index is -0.280. The van der Waals surface area contributed by atoms with Crippen molar-refractivity contribution in [2.24, 2.45) is 4.99 Å². The van der Waals surface area contributed by atoms with E-state index < -0.39 is 0 Å². The maximum atomic E-state index is 13.0. The second-order valence-corrected chi connectivity index (χ2v) is 7.40. The van der Waals surface area contributed by atoms with E-state index in [1.807, 2.05) is 6.92 Å². The molecule has 7 heteroatoms. The lowest BCUT2D eigenvalue weighted by Crippen LogP contribution is -2.41. The molecule has 2 aromatic carbocycles. The fourth-order valence-corrected chi connectivity index (χ4v) is 3.13. The van der Waals surface area contributed by atoms with Crippen molar-refractivity contribution >= 4 is 5.96 Å². The predicted octanol–water partition coefficient (Wildman–Crippen LogP) is 3.43.